The molecule has 1 unspecified atom stereocenters. The molecule has 17 heavy (non-hydrogen) atoms. The Morgan fingerprint density at radius 1 is 1.29 bits per heavy atom. The molecular formula is C9H16BF3N2O2. The van der Waals surface area contributed by atoms with Crippen LogP contribution < -0.4 is 0 Å². The predicted molar refractivity (Wildman–Crippen MR) is 56.0 cm³/mol. The molecule has 4 nitrogen and oxygen atoms in total. The molecule has 0 aliphatic carbocycles. The minimum absolute atomic E-state index is 0.0903. The standard InChI is InChI=1S/C9H16BF3N2O2/c11-8-5-14-4-2-1-3-7(14)9(12,13)15(8)6-10(16)17/h7-8,16-17H,1-6H2/t7?,8-/m1/s1. The van der Waals surface area contributed by atoms with Crippen molar-refractivity contribution in [1.82, 2.24) is 9.80 Å². The zero-order chi connectivity index (χ0) is 12.6. The van der Waals surface area contributed by atoms with Crippen LogP contribution in [-0.4, -0.2) is 64.9 Å². The topological polar surface area (TPSA) is 46.9 Å². The molecule has 0 saturated carbocycles. The van der Waals surface area contributed by atoms with Crippen LogP contribution in [0, 0.1) is 0 Å². The van der Waals surface area contributed by atoms with E-state index < -0.39 is 31.9 Å². The van der Waals surface area contributed by atoms with E-state index in [-0.39, 0.29) is 11.4 Å². The molecule has 0 spiro atoms. The zero-order valence-corrected chi connectivity index (χ0v) is 9.40. The summed E-state index contributed by atoms with van der Waals surface area (Å²) < 4.78 is 41.7. The quantitative estimate of drug-likeness (QED) is 0.538. The minimum Gasteiger partial charge on any atom is -0.426 e. The van der Waals surface area contributed by atoms with Gasteiger partial charge in [-0.2, -0.15) is 8.78 Å². The minimum atomic E-state index is -3.35. The maximum absolute atomic E-state index is 14.0. The van der Waals surface area contributed by atoms with Gasteiger partial charge in [-0.15, -0.1) is 0 Å². The molecule has 2 heterocycles. The number of hydrogen-bond donors (Lipinski definition) is 2. The molecule has 2 fully saturated rings. The number of alkyl halides is 3. The van der Waals surface area contributed by atoms with Gasteiger partial charge in [-0.05, 0) is 19.4 Å². The van der Waals surface area contributed by atoms with Crippen LogP contribution in [0.25, 0.3) is 0 Å². The first kappa shape index (κ1) is 13.1. The molecule has 2 aliphatic rings. The first-order valence-corrected chi connectivity index (χ1v) is 5.81. The molecule has 0 amide bonds. The summed E-state index contributed by atoms with van der Waals surface area (Å²) in [6.45, 7) is 0.392. The van der Waals surface area contributed by atoms with Gasteiger partial charge in [-0.1, -0.05) is 6.42 Å². The number of nitrogens with zero attached hydrogens (tertiary/aromatic N) is 2. The second-order valence-electron chi connectivity index (χ2n) is 4.66. The summed E-state index contributed by atoms with van der Waals surface area (Å²) in [6.07, 6.45) is -0.803. The number of rotatable bonds is 2. The van der Waals surface area contributed by atoms with Crippen LogP contribution in [0.1, 0.15) is 19.3 Å². The van der Waals surface area contributed by atoms with Crippen molar-refractivity contribution in [3.63, 3.8) is 0 Å². The van der Waals surface area contributed by atoms with Crippen molar-refractivity contribution in [2.24, 2.45) is 0 Å². The lowest BCUT2D eigenvalue weighted by atomic mass is 9.88. The summed E-state index contributed by atoms with van der Waals surface area (Å²) in [7, 11) is -1.95. The third-order valence-electron chi connectivity index (χ3n) is 3.48. The second-order valence-corrected chi connectivity index (χ2v) is 4.66. The van der Waals surface area contributed by atoms with Crippen LogP contribution in [-0.2, 0) is 0 Å². The van der Waals surface area contributed by atoms with Gasteiger partial charge in [0.05, 0.1) is 6.04 Å². The summed E-state index contributed by atoms with van der Waals surface area (Å²) in [6, 6.07) is -4.36. The summed E-state index contributed by atoms with van der Waals surface area (Å²) in [5, 5.41) is 17.5. The van der Waals surface area contributed by atoms with Crippen molar-refractivity contribution in [1.29, 1.82) is 0 Å². The highest BCUT2D eigenvalue weighted by Crippen LogP contribution is 2.39. The Morgan fingerprint density at radius 2 is 2.00 bits per heavy atom. The van der Waals surface area contributed by atoms with E-state index in [2.05, 4.69) is 0 Å². The molecule has 0 aromatic carbocycles. The third kappa shape index (κ3) is 2.45. The maximum atomic E-state index is 14.0. The molecule has 2 saturated heterocycles. The van der Waals surface area contributed by atoms with Gasteiger partial charge in [-0.25, -0.2) is 9.29 Å². The molecule has 0 aromatic heterocycles. The largest absolute Gasteiger partial charge is 0.466 e. The predicted octanol–water partition coefficient (Wildman–Crippen LogP) is 0.0569. The van der Waals surface area contributed by atoms with Gasteiger partial charge < -0.3 is 10.0 Å². The second kappa shape index (κ2) is 4.76. The monoisotopic (exact) mass is 252 g/mol. The molecule has 2 N–H and O–H groups in total. The van der Waals surface area contributed by atoms with Crippen LogP contribution in [0.3, 0.4) is 0 Å². The number of fused-ring (bicyclic) bond motifs is 1. The van der Waals surface area contributed by atoms with Crippen LogP contribution in [0.15, 0.2) is 0 Å². The van der Waals surface area contributed by atoms with E-state index in [1.807, 2.05) is 0 Å². The highest BCUT2D eigenvalue weighted by Gasteiger charge is 2.56. The Labute approximate surface area is 98.1 Å². The molecule has 2 rings (SSSR count). The van der Waals surface area contributed by atoms with Crippen molar-refractivity contribution in [3.05, 3.63) is 0 Å². The highest BCUT2D eigenvalue weighted by atomic mass is 19.3. The lowest BCUT2D eigenvalue weighted by Crippen LogP contribution is -2.69. The van der Waals surface area contributed by atoms with Gasteiger partial charge in [0.2, 0.25) is 0 Å². The van der Waals surface area contributed by atoms with Crippen LogP contribution in [0.5, 0.6) is 0 Å². The average Bonchev–Trinajstić information content (AvgIpc) is 2.24. The van der Waals surface area contributed by atoms with Gasteiger partial charge in [0, 0.05) is 13.0 Å². The van der Waals surface area contributed by atoms with Crippen LogP contribution in [0.4, 0.5) is 13.2 Å². The summed E-state index contributed by atoms with van der Waals surface area (Å²) in [4.78, 5) is 1.73. The van der Waals surface area contributed by atoms with Crippen molar-refractivity contribution in [2.75, 3.05) is 19.5 Å². The van der Waals surface area contributed by atoms with Crippen molar-refractivity contribution < 1.29 is 23.2 Å². The highest BCUT2D eigenvalue weighted by molar-refractivity contribution is 6.41. The van der Waals surface area contributed by atoms with Crippen molar-refractivity contribution in [2.45, 2.75) is 37.6 Å². The lowest BCUT2D eigenvalue weighted by Gasteiger charge is -2.50. The fraction of sp³-hybridized carbons (Fsp3) is 1.00. The van der Waals surface area contributed by atoms with Crippen LogP contribution in [0.2, 0.25) is 0 Å². The smallest absolute Gasteiger partial charge is 0.426 e. The van der Waals surface area contributed by atoms with Gasteiger partial charge in [0.15, 0.2) is 6.30 Å². The zero-order valence-electron chi connectivity index (χ0n) is 9.40. The first-order valence-electron chi connectivity index (χ1n) is 5.81. The van der Waals surface area contributed by atoms with E-state index in [0.29, 0.717) is 19.4 Å². The fourth-order valence-electron chi connectivity index (χ4n) is 2.69. The number of piperidine rings is 1. The Hall–Kier alpha value is -0.305. The Bertz CT molecular complexity index is 283. The summed E-state index contributed by atoms with van der Waals surface area (Å²) >= 11 is 0. The normalized spacial score (nSPS) is 34.4. The van der Waals surface area contributed by atoms with E-state index in [1.54, 1.807) is 0 Å². The van der Waals surface area contributed by atoms with Crippen LogP contribution >= 0.6 is 0 Å². The molecule has 0 radical (unpaired) electrons. The Kier molecular flexibility index (Phi) is 3.67. The SMILES string of the molecule is OB(O)CN1[C@@H](F)CN2CCCCC2C1(F)F. The lowest BCUT2D eigenvalue weighted by molar-refractivity contribution is -0.261. The van der Waals surface area contributed by atoms with Crippen molar-refractivity contribution in [3.8, 4) is 0 Å². The third-order valence-corrected chi connectivity index (χ3v) is 3.48. The summed E-state index contributed by atoms with van der Waals surface area (Å²) in [5.74, 6) is 0. The van der Waals surface area contributed by atoms with E-state index in [4.69, 9.17) is 10.0 Å². The van der Waals surface area contributed by atoms with Gasteiger partial charge in [0.1, 0.15) is 0 Å². The number of halogens is 3. The Balaban J connectivity index is 2.16. The first-order chi connectivity index (χ1) is 7.93. The molecule has 98 valence electrons. The number of hydrogen-bond acceptors (Lipinski definition) is 4. The van der Waals surface area contributed by atoms with Gasteiger partial charge in [-0.3, -0.25) is 4.90 Å². The van der Waals surface area contributed by atoms with Gasteiger partial charge in [0.25, 0.3) is 0 Å². The van der Waals surface area contributed by atoms with E-state index in [9.17, 15) is 13.2 Å². The molecule has 8 heteroatoms. The fourth-order valence-corrected chi connectivity index (χ4v) is 2.69. The molecule has 0 aromatic rings. The van der Waals surface area contributed by atoms with Crippen molar-refractivity contribution >= 4 is 7.12 Å². The molecule has 2 aliphatic heterocycles. The maximum Gasteiger partial charge on any atom is 0.466 e. The van der Waals surface area contributed by atoms with E-state index in [0.717, 1.165) is 6.42 Å². The van der Waals surface area contributed by atoms with E-state index in [1.165, 1.54) is 4.90 Å². The van der Waals surface area contributed by atoms with Gasteiger partial charge >= 0.3 is 13.2 Å². The number of piperazine rings is 1. The Morgan fingerprint density at radius 3 is 2.65 bits per heavy atom. The molecule has 2 atom stereocenters. The molecule has 0 bridgehead atoms. The van der Waals surface area contributed by atoms with E-state index >= 15 is 0 Å². The summed E-state index contributed by atoms with van der Waals surface area (Å²) in [5.41, 5.74) is 0. The molecular weight excluding hydrogens is 236 g/mol. The average molecular weight is 252 g/mol.